The van der Waals surface area contributed by atoms with E-state index in [-0.39, 0.29) is 18.3 Å². The van der Waals surface area contributed by atoms with E-state index in [1.54, 1.807) is 0 Å². The van der Waals surface area contributed by atoms with Gasteiger partial charge in [-0.3, -0.25) is 4.79 Å². The number of carbonyl (C=O) groups excluding carboxylic acids is 1. The summed E-state index contributed by atoms with van der Waals surface area (Å²) in [5.74, 6) is -0.338. The van der Waals surface area contributed by atoms with Crippen molar-refractivity contribution in [1.29, 1.82) is 0 Å². The molecule has 3 atom stereocenters. The molecule has 0 radical (unpaired) electrons. The third-order valence-electron chi connectivity index (χ3n) is 3.22. The second kappa shape index (κ2) is 6.73. The van der Waals surface area contributed by atoms with Crippen LogP contribution in [0.4, 0.5) is 0 Å². The molecule has 1 aromatic rings. The van der Waals surface area contributed by atoms with Gasteiger partial charge in [0, 0.05) is 12.5 Å². The van der Waals surface area contributed by atoms with Gasteiger partial charge in [-0.1, -0.05) is 30.3 Å². The molecule has 1 aliphatic rings. The number of esters is 1. The summed E-state index contributed by atoms with van der Waals surface area (Å²) < 4.78 is 4.64. The Kier molecular flexibility index (Phi) is 5.59. The molecule has 1 saturated heterocycles. The maximum absolute atomic E-state index is 11.4. The van der Waals surface area contributed by atoms with Crippen molar-refractivity contribution in [3.8, 4) is 0 Å². The van der Waals surface area contributed by atoms with Crippen LogP contribution in [0.2, 0.25) is 0 Å². The van der Waals surface area contributed by atoms with Crippen LogP contribution in [0.5, 0.6) is 0 Å². The molecule has 0 bridgehead atoms. The van der Waals surface area contributed by atoms with Gasteiger partial charge in [-0.15, -0.1) is 12.4 Å². The SMILES string of the molecule is COC(=O)C1NC[C@H](Cc2ccccc2)C1O.Cl. The molecule has 0 spiro atoms. The number of ether oxygens (including phenoxy) is 1. The lowest BCUT2D eigenvalue weighted by atomic mass is 9.94. The molecule has 0 aromatic heterocycles. The van der Waals surface area contributed by atoms with Crippen molar-refractivity contribution < 1.29 is 14.6 Å². The summed E-state index contributed by atoms with van der Waals surface area (Å²) in [5.41, 5.74) is 1.17. The fraction of sp³-hybridized carbons (Fsp3) is 0.462. The highest BCUT2D eigenvalue weighted by atomic mass is 35.5. The van der Waals surface area contributed by atoms with Crippen molar-refractivity contribution in [2.24, 2.45) is 5.92 Å². The zero-order valence-corrected chi connectivity index (χ0v) is 11.0. The standard InChI is InChI=1S/C13H17NO3.ClH/c1-17-13(16)11-12(15)10(8-14-11)7-9-5-3-2-4-6-9;/h2-6,10-12,14-15H,7-8H2,1H3;1H/t10-,11?,12?;/m0./s1. The first kappa shape index (κ1) is 15.0. The van der Waals surface area contributed by atoms with Crippen LogP contribution in [0.3, 0.4) is 0 Å². The third kappa shape index (κ3) is 3.22. The minimum atomic E-state index is -0.678. The van der Waals surface area contributed by atoms with Crippen molar-refractivity contribution in [2.75, 3.05) is 13.7 Å². The first-order valence-electron chi connectivity index (χ1n) is 5.75. The molecule has 18 heavy (non-hydrogen) atoms. The molecule has 1 fully saturated rings. The van der Waals surface area contributed by atoms with Crippen LogP contribution in [-0.2, 0) is 16.0 Å². The molecular formula is C13H18ClNO3. The van der Waals surface area contributed by atoms with E-state index in [1.165, 1.54) is 12.7 Å². The Morgan fingerprint density at radius 2 is 2.11 bits per heavy atom. The van der Waals surface area contributed by atoms with Crippen LogP contribution < -0.4 is 5.32 Å². The van der Waals surface area contributed by atoms with Gasteiger partial charge < -0.3 is 15.2 Å². The zero-order chi connectivity index (χ0) is 12.3. The van der Waals surface area contributed by atoms with E-state index in [9.17, 15) is 9.90 Å². The molecule has 5 heteroatoms. The van der Waals surface area contributed by atoms with Crippen molar-refractivity contribution in [3.05, 3.63) is 35.9 Å². The zero-order valence-electron chi connectivity index (χ0n) is 10.2. The average molecular weight is 272 g/mol. The van der Waals surface area contributed by atoms with Crippen LogP contribution in [0.1, 0.15) is 5.56 Å². The summed E-state index contributed by atoms with van der Waals surface area (Å²) in [6, 6.07) is 9.37. The molecule has 1 aromatic carbocycles. The summed E-state index contributed by atoms with van der Waals surface area (Å²) in [4.78, 5) is 11.4. The first-order chi connectivity index (χ1) is 8.22. The molecule has 0 amide bonds. The average Bonchev–Trinajstić information content (AvgIpc) is 2.72. The quantitative estimate of drug-likeness (QED) is 0.798. The molecule has 0 saturated carbocycles. The summed E-state index contributed by atoms with van der Waals surface area (Å²) in [6.07, 6.45) is 0.0883. The maximum Gasteiger partial charge on any atom is 0.325 e. The van der Waals surface area contributed by atoms with E-state index < -0.39 is 18.1 Å². The van der Waals surface area contributed by atoms with E-state index in [1.807, 2.05) is 30.3 Å². The van der Waals surface area contributed by atoms with Gasteiger partial charge in [-0.05, 0) is 12.0 Å². The van der Waals surface area contributed by atoms with Crippen molar-refractivity contribution in [3.63, 3.8) is 0 Å². The lowest BCUT2D eigenvalue weighted by Crippen LogP contribution is -2.40. The minimum Gasteiger partial charge on any atom is -0.468 e. The van der Waals surface area contributed by atoms with Crippen LogP contribution in [-0.4, -0.2) is 36.9 Å². The number of methoxy groups -OCH3 is 1. The molecule has 2 N–H and O–H groups in total. The minimum absolute atomic E-state index is 0. The molecule has 2 rings (SSSR count). The Balaban J connectivity index is 0.00000162. The normalized spacial score (nSPS) is 26.4. The van der Waals surface area contributed by atoms with Gasteiger partial charge in [0.15, 0.2) is 0 Å². The number of aliphatic hydroxyl groups excluding tert-OH is 1. The van der Waals surface area contributed by atoms with Crippen LogP contribution >= 0.6 is 12.4 Å². The summed E-state index contributed by atoms with van der Waals surface area (Å²) in [5, 5.41) is 13.1. The van der Waals surface area contributed by atoms with Gasteiger partial charge in [0.25, 0.3) is 0 Å². The van der Waals surface area contributed by atoms with Gasteiger partial charge in [-0.25, -0.2) is 0 Å². The van der Waals surface area contributed by atoms with Gasteiger partial charge in [0.05, 0.1) is 13.2 Å². The number of rotatable bonds is 3. The Morgan fingerprint density at radius 1 is 1.44 bits per heavy atom. The van der Waals surface area contributed by atoms with Gasteiger partial charge >= 0.3 is 5.97 Å². The van der Waals surface area contributed by atoms with Crippen molar-refractivity contribution in [1.82, 2.24) is 5.32 Å². The number of nitrogens with one attached hydrogen (secondary N) is 1. The van der Waals surface area contributed by atoms with E-state index in [0.29, 0.717) is 6.54 Å². The second-order valence-electron chi connectivity index (χ2n) is 4.35. The van der Waals surface area contributed by atoms with E-state index in [2.05, 4.69) is 10.1 Å². The Bertz CT molecular complexity index is 385. The summed E-state index contributed by atoms with van der Waals surface area (Å²) in [6.45, 7) is 0.635. The fourth-order valence-corrected chi connectivity index (χ4v) is 2.25. The number of hydrogen-bond acceptors (Lipinski definition) is 4. The van der Waals surface area contributed by atoms with Crippen LogP contribution in [0.25, 0.3) is 0 Å². The maximum atomic E-state index is 11.4. The van der Waals surface area contributed by atoms with Crippen molar-refractivity contribution in [2.45, 2.75) is 18.6 Å². The second-order valence-corrected chi connectivity index (χ2v) is 4.35. The monoisotopic (exact) mass is 271 g/mol. The molecule has 2 unspecified atom stereocenters. The summed E-state index contributed by atoms with van der Waals surface area (Å²) >= 11 is 0. The predicted octanol–water partition coefficient (Wildman–Crippen LogP) is 0.773. The Labute approximate surface area is 113 Å². The fourth-order valence-electron chi connectivity index (χ4n) is 2.25. The highest BCUT2D eigenvalue weighted by molar-refractivity contribution is 5.85. The first-order valence-corrected chi connectivity index (χ1v) is 5.75. The smallest absolute Gasteiger partial charge is 0.325 e. The molecule has 4 nitrogen and oxygen atoms in total. The largest absolute Gasteiger partial charge is 0.468 e. The molecular weight excluding hydrogens is 254 g/mol. The number of aliphatic hydroxyl groups is 1. The lowest BCUT2D eigenvalue weighted by molar-refractivity contribution is -0.145. The number of carbonyl (C=O) groups is 1. The Morgan fingerprint density at radius 3 is 2.72 bits per heavy atom. The van der Waals surface area contributed by atoms with E-state index in [4.69, 9.17) is 0 Å². The molecule has 100 valence electrons. The van der Waals surface area contributed by atoms with E-state index >= 15 is 0 Å². The lowest BCUT2D eigenvalue weighted by Gasteiger charge is -2.16. The highest BCUT2D eigenvalue weighted by Crippen LogP contribution is 2.20. The number of halogens is 1. The van der Waals surface area contributed by atoms with Crippen LogP contribution in [0.15, 0.2) is 30.3 Å². The van der Waals surface area contributed by atoms with E-state index in [0.717, 1.165) is 6.42 Å². The van der Waals surface area contributed by atoms with Gasteiger partial charge in [-0.2, -0.15) is 0 Å². The molecule has 0 aliphatic carbocycles. The van der Waals surface area contributed by atoms with Gasteiger partial charge in [0.1, 0.15) is 6.04 Å². The van der Waals surface area contributed by atoms with Gasteiger partial charge in [0.2, 0.25) is 0 Å². The predicted molar refractivity (Wildman–Crippen MR) is 70.7 cm³/mol. The van der Waals surface area contributed by atoms with Crippen molar-refractivity contribution >= 4 is 18.4 Å². The topological polar surface area (TPSA) is 58.6 Å². The third-order valence-corrected chi connectivity index (χ3v) is 3.22. The Hall–Kier alpha value is -1.10. The number of benzene rings is 1. The highest BCUT2D eigenvalue weighted by Gasteiger charge is 2.39. The molecule has 1 aliphatic heterocycles. The molecule has 1 heterocycles. The number of hydrogen-bond donors (Lipinski definition) is 2. The summed E-state index contributed by atoms with van der Waals surface area (Å²) in [7, 11) is 1.33. The van der Waals surface area contributed by atoms with Crippen LogP contribution in [0, 0.1) is 5.92 Å².